The first-order chi connectivity index (χ1) is 8.95. The molecule has 0 aromatic carbocycles. The Labute approximate surface area is 111 Å². The van der Waals surface area contributed by atoms with E-state index in [-0.39, 0.29) is 18.6 Å². The number of carbonyl (C=O) groups excluding carboxylic acids is 1. The van der Waals surface area contributed by atoms with Crippen LogP contribution in [0.1, 0.15) is 28.7 Å². The van der Waals surface area contributed by atoms with Crippen LogP contribution in [0.2, 0.25) is 0 Å². The first kappa shape index (κ1) is 13.5. The molecule has 0 aliphatic rings. The quantitative estimate of drug-likeness (QED) is 0.902. The van der Waals surface area contributed by atoms with Gasteiger partial charge < -0.3 is 14.5 Å². The first-order valence-electron chi connectivity index (χ1n) is 6.07. The average Bonchev–Trinajstić information content (AvgIpc) is 2.76. The standard InChI is InChI=1S/C13H17N3O3/c1-7-5-10(13(18)16(4)8(2)6-17)11-9(3)15-19-12(11)14-7/h5,8,17H,6H2,1-4H3/t8-/m0/s1. The Morgan fingerprint density at radius 2 is 2.21 bits per heavy atom. The lowest BCUT2D eigenvalue weighted by molar-refractivity contribution is 0.0684. The van der Waals surface area contributed by atoms with Gasteiger partial charge in [-0.3, -0.25) is 4.79 Å². The molecule has 102 valence electrons. The fraction of sp³-hybridized carbons (Fsp3) is 0.462. The maximum atomic E-state index is 12.5. The molecule has 2 heterocycles. The Kier molecular flexibility index (Phi) is 3.53. The van der Waals surface area contributed by atoms with Crippen molar-refractivity contribution in [1.82, 2.24) is 15.0 Å². The maximum Gasteiger partial charge on any atom is 0.258 e. The zero-order chi connectivity index (χ0) is 14.2. The van der Waals surface area contributed by atoms with Crippen LogP contribution >= 0.6 is 0 Å². The topological polar surface area (TPSA) is 79.5 Å². The van der Waals surface area contributed by atoms with Crippen molar-refractivity contribution in [1.29, 1.82) is 0 Å². The molecular weight excluding hydrogens is 246 g/mol. The van der Waals surface area contributed by atoms with Crippen molar-refractivity contribution >= 4 is 17.0 Å². The number of hydrogen-bond acceptors (Lipinski definition) is 5. The zero-order valence-corrected chi connectivity index (χ0v) is 11.5. The molecule has 2 rings (SSSR count). The van der Waals surface area contributed by atoms with E-state index in [1.807, 2.05) is 0 Å². The van der Waals surface area contributed by atoms with E-state index in [0.717, 1.165) is 0 Å². The molecule has 1 amide bonds. The number of fused-ring (bicyclic) bond motifs is 1. The number of hydrogen-bond donors (Lipinski definition) is 1. The van der Waals surface area contributed by atoms with Crippen LogP contribution in [0.3, 0.4) is 0 Å². The summed E-state index contributed by atoms with van der Waals surface area (Å²) in [5, 5.41) is 13.6. The van der Waals surface area contributed by atoms with Crippen LogP contribution < -0.4 is 0 Å². The molecule has 0 saturated heterocycles. The fourth-order valence-electron chi connectivity index (χ4n) is 1.90. The predicted octanol–water partition coefficient (Wildman–Crippen LogP) is 1.29. The minimum Gasteiger partial charge on any atom is -0.394 e. The first-order valence-corrected chi connectivity index (χ1v) is 6.07. The SMILES string of the molecule is Cc1cc(C(=O)N(C)[C@@H](C)CO)c2c(C)noc2n1. The van der Waals surface area contributed by atoms with Crippen LogP contribution in [-0.2, 0) is 0 Å². The van der Waals surface area contributed by atoms with Gasteiger partial charge in [0.25, 0.3) is 11.6 Å². The molecule has 0 unspecified atom stereocenters. The van der Waals surface area contributed by atoms with Crippen LogP contribution in [0.5, 0.6) is 0 Å². The lowest BCUT2D eigenvalue weighted by Crippen LogP contribution is -2.37. The third-order valence-corrected chi connectivity index (χ3v) is 3.22. The molecule has 0 spiro atoms. The van der Waals surface area contributed by atoms with Crippen LogP contribution in [0.4, 0.5) is 0 Å². The second-order valence-electron chi connectivity index (χ2n) is 4.71. The van der Waals surface area contributed by atoms with Crippen LogP contribution in [-0.4, -0.2) is 45.8 Å². The van der Waals surface area contributed by atoms with Gasteiger partial charge in [0.05, 0.1) is 29.3 Å². The summed E-state index contributed by atoms with van der Waals surface area (Å²) in [6, 6.07) is 1.46. The normalized spacial score (nSPS) is 12.7. The summed E-state index contributed by atoms with van der Waals surface area (Å²) >= 11 is 0. The molecular formula is C13H17N3O3. The summed E-state index contributed by atoms with van der Waals surface area (Å²) in [4.78, 5) is 18.2. The number of rotatable bonds is 3. The minimum absolute atomic E-state index is 0.0853. The van der Waals surface area contributed by atoms with Crippen molar-refractivity contribution in [3.8, 4) is 0 Å². The highest BCUT2D eigenvalue weighted by atomic mass is 16.5. The molecule has 0 fully saturated rings. The Bertz CT molecular complexity index is 621. The highest BCUT2D eigenvalue weighted by Crippen LogP contribution is 2.23. The fourth-order valence-corrected chi connectivity index (χ4v) is 1.90. The highest BCUT2D eigenvalue weighted by Gasteiger charge is 2.22. The van der Waals surface area contributed by atoms with Crippen molar-refractivity contribution in [2.24, 2.45) is 0 Å². The Morgan fingerprint density at radius 1 is 1.53 bits per heavy atom. The summed E-state index contributed by atoms with van der Waals surface area (Å²) in [6.45, 7) is 5.26. The summed E-state index contributed by atoms with van der Waals surface area (Å²) in [6.07, 6.45) is 0. The van der Waals surface area contributed by atoms with E-state index < -0.39 is 0 Å². The second kappa shape index (κ2) is 4.97. The van der Waals surface area contributed by atoms with Crippen molar-refractivity contribution < 1.29 is 14.4 Å². The summed E-state index contributed by atoms with van der Waals surface area (Å²) in [5.41, 5.74) is 2.20. The van der Waals surface area contributed by atoms with Gasteiger partial charge >= 0.3 is 0 Å². The van der Waals surface area contributed by atoms with Gasteiger partial charge in [0, 0.05) is 12.7 Å². The molecule has 6 heteroatoms. The summed E-state index contributed by atoms with van der Waals surface area (Å²) in [7, 11) is 1.66. The van der Waals surface area contributed by atoms with Crippen LogP contribution in [0, 0.1) is 13.8 Å². The number of aryl methyl sites for hydroxylation is 2. The molecule has 2 aromatic heterocycles. The van der Waals surface area contributed by atoms with Crippen molar-refractivity contribution in [3.05, 3.63) is 23.0 Å². The smallest absolute Gasteiger partial charge is 0.258 e. The van der Waals surface area contributed by atoms with Crippen LogP contribution in [0.25, 0.3) is 11.1 Å². The van der Waals surface area contributed by atoms with E-state index in [2.05, 4.69) is 10.1 Å². The summed E-state index contributed by atoms with van der Waals surface area (Å²) in [5.74, 6) is -0.177. The summed E-state index contributed by atoms with van der Waals surface area (Å²) < 4.78 is 5.11. The van der Waals surface area contributed by atoms with Gasteiger partial charge in [-0.05, 0) is 26.8 Å². The van der Waals surface area contributed by atoms with Gasteiger partial charge in [0.2, 0.25) is 0 Å². The molecule has 0 bridgehead atoms. The second-order valence-corrected chi connectivity index (χ2v) is 4.71. The lowest BCUT2D eigenvalue weighted by Gasteiger charge is -2.23. The van der Waals surface area contributed by atoms with E-state index in [0.29, 0.717) is 28.1 Å². The number of aromatic nitrogens is 2. The van der Waals surface area contributed by atoms with Gasteiger partial charge in [-0.2, -0.15) is 0 Å². The number of likely N-dealkylation sites (N-methyl/N-ethyl adjacent to an activating group) is 1. The number of amides is 1. The molecule has 1 atom stereocenters. The molecule has 1 N–H and O–H groups in total. The van der Waals surface area contributed by atoms with Crippen molar-refractivity contribution in [3.63, 3.8) is 0 Å². The molecule has 6 nitrogen and oxygen atoms in total. The monoisotopic (exact) mass is 263 g/mol. The molecule has 0 aliphatic heterocycles. The van der Waals surface area contributed by atoms with E-state index in [9.17, 15) is 4.79 Å². The van der Waals surface area contributed by atoms with Gasteiger partial charge in [-0.1, -0.05) is 5.16 Å². The third kappa shape index (κ3) is 2.31. The molecule has 0 aliphatic carbocycles. The van der Waals surface area contributed by atoms with E-state index in [4.69, 9.17) is 9.63 Å². The van der Waals surface area contributed by atoms with E-state index in [1.54, 1.807) is 33.9 Å². The van der Waals surface area contributed by atoms with Crippen molar-refractivity contribution in [2.75, 3.05) is 13.7 Å². The molecule has 19 heavy (non-hydrogen) atoms. The van der Waals surface area contributed by atoms with Gasteiger partial charge in [-0.15, -0.1) is 0 Å². The third-order valence-electron chi connectivity index (χ3n) is 3.22. The Balaban J connectivity index is 2.55. The number of carbonyl (C=O) groups is 1. The van der Waals surface area contributed by atoms with Gasteiger partial charge in [-0.25, -0.2) is 4.98 Å². The van der Waals surface area contributed by atoms with Gasteiger partial charge in [0.1, 0.15) is 0 Å². The number of pyridine rings is 1. The minimum atomic E-state index is -0.254. The Hall–Kier alpha value is -1.95. The predicted molar refractivity (Wildman–Crippen MR) is 69.9 cm³/mol. The average molecular weight is 263 g/mol. The van der Waals surface area contributed by atoms with Crippen molar-refractivity contribution in [2.45, 2.75) is 26.8 Å². The maximum absolute atomic E-state index is 12.5. The zero-order valence-electron chi connectivity index (χ0n) is 11.5. The lowest BCUT2D eigenvalue weighted by atomic mass is 10.1. The number of aliphatic hydroxyl groups excluding tert-OH is 1. The number of aliphatic hydroxyl groups is 1. The largest absolute Gasteiger partial charge is 0.394 e. The molecule has 0 saturated carbocycles. The van der Waals surface area contributed by atoms with E-state index >= 15 is 0 Å². The highest BCUT2D eigenvalue weighted by molar-refractivity contribution is 6.06. The molecule has 0 radical (unpaired) electrons. The Morgan fingerprint density at radius 3 is 2.84 bits per heavy atom. The van der Waals surface area contributed by atoms with Crippen LogP contribution in [0.15, 0.2) is 10.6 Å². The van der Waals surface area contributed by atoms with E-state index in [1.165, 1.54) is 4.90 Å². The van der Waals surface area contributed by atoms with Gasteiger partial charge in [0.15, 0.2) is 0 Å². The molecule has 2 aromatic rings. The number of nitrogens with zero attached hydrogens (tertiary/aromatic N) is 3.